The molecular formula is C20H22ClN5O2S. The van der Waals surface area contributed by atoms with E-state index in [1.165, 1.54) is 11.3 Å². The molecule has 1 aliphatic rings. The minimum Gasteiger partial charge on any atom is -0.326 e. The van der Waals surface area contributed by atoms with Gasteiger partial charge in [0.1, 0.15) is 0 Å². The van der Waals surface area contributed by atoms with E-state index in [1.807, 2.05) is 30.9 Å². The molecular weight excluding hydrogens is 410 g/mol. The van der Waals surface area contributed by atoms with Crippen molar-refractivity contribution < 1.29 is 9.59 Å². The number of nitrogens with one attached hydrogen (secondary N) is 3. The van der Waals surface area contributed by atoms with Crippen LogP contribution in [0.2, 0.25) is 0 Å². The predicted octanol–water partition coefficient (Wildman–Crippen LogP) is 3.10. The van der Waals surface area contributed by atoms with Gasteiger partial charge in [0.15, 0.2) is 0 Å². The van der Waals surface area contributed by atoms with Gasteiger partial charge in [-0.3, -0.25) is 14.3 Å². The standard InChI is InChI=1S/C20H21N5O2S.ClH/c1-25-12-13(9-22-25)16-10-21-11-17(16)19(26)23-14-4-6-15(7-5-14)24-20(27)18-3-2-8-28-18;/h2-9,12,16-17,21H,10-11H2,1H3,(H,23,26)(H,24,27);1H/t16-,17+;/m1./s1. The molecule has 3 heterocycles. The number of aromatic nitrogens is 2. The van der Waals surface area contributed by atoms with Crippen molar-refractivity contribution in [2.45, 2.75) is 5.92 Å². The molecule has 1 aromatic carbocycles. The summed E-state index contributed by atoms with van der Waals surface area (Å²) in [7, 11) is 1.87. The molecule has 3 N–H and O–H groups in total. The van der Waals surface area contributed by atoms with E-state index in [0.29, 0.717) is 22.8 Å². The zero-order valence-corrected chi connectivity index (χ0v) is 17.4. The lowest BCUT2D eigenvalue weighted by atomic mass is 9.90. The van der Waals surface area contributed by atoms with Gasteiger partial charge in [-0.25, -0.2) is 0 Å². The number of nitrogens with zero attached hydrogens (tertiary/aromatic N) is 2. The van der Waals surface area contributed by atoms with Crippen molar-refractivity contribution in [3.05, 3.63) is 64.6 Å². The summed E-state index contributed by atoms with van der Waals surface area (Å²) in [5.74, 6) is -0.196. The molecule has 2 amide bonds. The van der Waals surface area contributed by atoms with Crippen molar-refractivity contribution in [2.75, 3.05) is 23.7 Å². The first-order valence-corrected chi connectivity index (χ1v) is 9.93. The van der Waals surface area contributed by atoms with Crippen molar-refractivity contribution in [1.82, 2.24) is 15.1 Å². The average molecular weight is 432 g/mol. The molecule has 0 aliphatic carbocycles. The number of halogens is 1. The number of anilines is 2. The molecule has 2 aromatic heterocycles. The summed E-state index contributed by atoms with van der Waals surface area (Å²) >= 11 is 1.39. The first-order chi connectivity index (χ1) is 13.6. The summed E-state index contributed by atoms with van der Waals surface area (Å²) in [5, 5.41) is 15.2. The molecule has 0 unspecified atom stereocenters. The number of rotatable bonds is 5. The summed E-state index contributed by atoms with van der Waals surface area (Å²) in [6, 6.07) is 10.8. The van der Waals surface area contributed by atoms with E-state index < -0.39 is 0 Å². The Morgan fingerprint density at radius 3 is 2.48 bits per heavy atom. The van der Waals surface area contributed by atoms with Gasteiger partial charge >= 0.3 is 0 Å². The second-order valence-corrected chi connectivity index (χ2v) is 7.76. The molecule has 1 aliphatic heterocycles. The van der Waals surface area contributed by atoms with E-state index in [4.69, 9.17) is 0 Å². The minimum absolute atomic E-state index is 0. The molecule has 9 heteroatoms. The van der Waals surface area contributed by atoms with Crippen LogP contribution in [0.5, 0.6) is 0 Å². The van der Waals surface area contributed by atoms with Gasteiger partial charge in [0.25, 0.3) is 5.91 Å². The topological polar surface area (TPSA) is 88.0 Å². The highest BCUT2D eigenvalue weighted by atomic mass is 35.5. The van der Waals surface area contributed by atoms with Crippen LogP contribution < -0.4 is 16.0 Å². The lowest BCUT2D eigenvalue weighted by Gasteiger charge is -2.17. The fourth-order valence-corrected chi connectivity index (χ4v) is 4.03. The molecule has 0 radical (unpaired) electrons. The maximum atomic E-state index is 12.8. The molecule has 0 bridgehead atoms. The van der Waals surface area contributed by atoms with E-state index in [2.05, 4.69) is 21.0 Å². The molecule has 2 atom stereocenters. The second-order valence-electron chi connectivity index (χ2n) is 6.82. The number of amides is 2. The van der Waals surface area contributed by atoms with Crippen LogP contribution in [0.25, 0.3) is 0 Å². The Balaban J connectivity index is 0.00000240. The van der Waals surface area contributed by atoms with Crippen LogP contribution in [0.15, 0.2) is 54.2 Å². The van der Waals surface area contributed by atoms with Crippen LogP contribution in [0.4, 0.5) is 11.4 Å². The lowest BCUT2D eigenvalue weighted by molar-refractivity contribution is -0.119. The monoisotopic (exact) mass is 431 g/mol. The van der Waals surface area contributed by atoms with Crippen molar-refractivity contribution in [3.8, 4) is 0 Å². The normalized spacial score (nSPS) is 18.1. The average Bonchev–Trinajstić information content (AvgIpc) is 3.44. The zero-order valence-electron chi connectivity index (χ0n) is 15.8. The molecule has 7 nitrogen and oxygen atoms in total. The van der Waals surface area contributed by atoms with Crippen molar-refractivity contribution in [1.29, 1.82) is 0 Å². The number of aryl methyl sites for hydroxylation is 1. The minimum atomic E-state index is -0.151. The molecule has 1 saturated heterocycles. The summed E-state index contributed by atoms with van der Waals surface area (Å²) < 4.78 is 1.76. The molecule has 3 aromatic rings. The van der Waals surface area contributed by atoms with Gasteiger partial charge in [0, 0.05) is 43.6 Å². The number of thiophene rings is 1. The van der Waals surface area contributed by atoms with Crippen molar-refractivity contribution in [3.63, 3.8) is 0 Å². The molecule has 0 spiro atoms. The van der Waals surface area contributed by atoms with E-state index >= 15 is 0 Å². The second kappa shape index (κ2) is 9.21. The van der Waals surface area contributed by atoms with Crippen LogP contribution in [0, 0.1) is 5.92 Å². The SMILES string of the molecule is Cl.Cn1cc([C@H]2CNC[C@@H]2C(=O)Nc2ccc(NC(=O)c3cccs3)cc2)cn1. The van der Waals surface area contributed by atoms with Crippen molar-refractivity contribution >= 4 is 46.9 Å². The van der Waals surface area contributed by atoms with Gasteiger partial charge in [-0.05, 0) is 41.3 Å². The Morgan fingerprint density at radius 2 is 1.86 bits per heavy atom. The number of hydrogen-bond donors (Lipinski definition) is 3. The van der Waals surface area contributed by atoms with E-state index in [0.717, 1.165) is 12.1 Å². The Labute approximate surface area is 178 Å². The van der Waals surface area contributed by atoms with Gasteiger partial charge in [0.05, 0.1) is 17.0 Å². The quantitative estimate of drug-likeness (QED) is 0.579. The largest absolute Gasteiger partial charge is 0.326 e. The molecule has 1 fully saturated rings. The molecule has 4 rings (SSSR count). The van der Waals surface area contributed by atoms with E-state index in [9.17, 15) is 9.59 Å². The molecule has 0 saturated carbocycles. The third-order valence-corrected chi connectivity index (χ3v) is 5.73. The van der Waals surface area contributed by atoms with Gasteiger partial charge in [-0.1, -0.05) is 6.07 Å². The Bertz CT molecular complexity index is 971. The lowest BCUT2D eigenvalue weighted by Crippen LogP contribution is -2.28. The fraction of sp³-hybridized carbons (Fsp3) is 0.250. The highest BCUT2D eigenvalue weighted by molar-refractivity contribution is 7.12. The van der Waals surface area contributed by atoms with Gasteiger partial charge in [-0.2, -0.15) is 5.10 Å². The smallest absolute Gasteiger partial charge is 0.265 e. The van der Waals surface area contributed by atoms with Gasteiger partial charge in [0.2, 0.25) is 5.91 Å². The molecule has 152 valence electrons. The summed E-state index contributed by atoms with van der Waals surface area (Å²) in [4.78, 5) is 25.5. The highest BCUT2D eigenvalue weighted by Crippen LogP contribution is 2.29. The highest BCUT2D eigenvalue weighted by Gasteiger charge is 2.34. The van der Waals surface area contributed by atoms with Crippen molar-refractivity contribution in [2.24, 2.45) is 13.0 Å². The number of benzene rings is 1. The summed E-state index contributed by atoms with van der Waals surface area (Å²) in [6.45, 7) is 1.40. The number of carbonyl (C=O) groups is 2. The van der Waals surface area contributed by atoms with Crippen LogP contribution >= 0.6 is 23.7 Å². The maximum Gasteiger partial charge on any atom is 0.265 e. The number of hydrogen-bond acceptors (Lipinski definition) is 5. The fourth-order valence-electron chi connectivity index (χ4n) is 3.41. The van der Waals surface area contributed by atoms with E-state index in [-0.39, 0.29) is 36.1 Å². The third-order valence-electron chi connectivity index (χ3n) is 4.86. The number of carbonyl (C=O) groups excluding carboxylic acids is 2. The maximum absolute atomic E-state index is 12.8. The van der Waals surface area contributed by atoms with E-state index in [1.54, 1.807) is 35.0 Å². The first kappa shape index (κ1) is 21.0. The molecule has 29 heavy (non-hydrogen) atoms. The Hall–Kier alpha value is -2.68. The van der Waals surface area contributed by atoms with Gasteiger partial charge in [-0.15, -0.1) is 23.7 Å². The van der Waals surface area contributed by atoms with Gasteiger partial charge < -0.3 is 16.0 Å². The van der Waals surface area contributed by atoms with Crippen LogP contribution in [-0.4, -0.2) is 34.7 Å². The van der Waals surface area contributed by atoms with Crippen LogP contribution in [-0.2, 0) is 11.8 Å². The third kappa shape index (κ3) is 4.84. The van der Waals surface area contributed by atoms with Crippen LogP contribution in [0.3, 0.4) is 0 Å². The summed E-state index contributed by atoms with van der Waals surface area (Å²) in [6.07, 6.45) is 3.78. The Morgan fingerprint density at radius 1 is 1.14 bits per heavy atom. The summed E-state index contributed by atoms with van der Waals surface area (Å²) in [5.41, 5.74) is 2.46. The Kier molecular flexibility index (Phi) is 6.68. The predicted molar refractivity (Wildman–Crippen MR) is 117 cm³/mol. The first-order valence-electron chi connectivity index (χ1n) is 9.05. The zero-order chi connectivity index (χ0) is 19.5. The van der Waals surface area contributed by atoms with Crippen LogP contribution in [0.1, 0.15) is 21.2 Å².